The van der Waals surface area contributed by atoms with E-state index in [1.807, 2.05) is 50.5 Å². The molecule has 0 saturated heterocycles. The number of aromatic amines is 2. The third kappa shape index (κ3) is 4.37. The molecule has 9 nitrogen and oxygen atoms in total. The van der Waals surface area contributed by atoms with Crippen LogP contribution in [0.5, 0.6) is 0 Å². The minimum absolute atomic E-state index is 0.130. The van der Waals surface area contributed by atoms with Gasteiger partial charge in [0.2, 0.25) is 5.91 Å². The summed E-state index contributed by atoms with van der Waals surface area (Å²) in [6.45, 7) is 0.267. The van der Waals surface area contributed by atoms with E-state index >= 15 is 0 Å². The molecule has 188 valence electrons. The van der Waals surface area contributed by atoms with Gasteiger partial charge in [0.15, 0.2) is 11.5 Å². The first-order valence-electron chi connectivity index (χ1n) is 12.0. The first-order valence-corrected chi connectivity index (χ1v) is 12.0. The molecule has 6 rings (SSSR count). The van der Waals surface area contributed by atoms with Gasteiger partial charge >= 0.3 is 0 Å². The monoisotopic (exact) mass is 506 g/mol. The van der Waals surface area contributed by atoms with E-state index in [2.05, 4.69) is 25.5 Å². The number of likely N-dealkylation sites (N-methyl/N-ethyl adjacent to an activating group) is 1. The summed E-state index contributed by atoms with van der Waals surface area (Å²) < 4.78 is 14.6. The lowest BCUT2D eigenvalue weighted by Gasteiger charge is -2.10. The van der Waals surface area contributed by atoms with Crippen LogP contribution in [0.1, 0.15) is 0 Å². The van der Waals surface area contributed by atoms with E-state index in [-0.39, 0.29) is 18.3 Å². The number of anilines is 1. The molecule has 0 aliphatic heterocycles. The number of pyridine rings is 2. The van der Waals surface area contributed by atoms with Crippen LogP contribution in [0.4, 0.5) is 10.1 Å². The molecule has 0 aliphatic rings. The van der Waals surface area contributed by atoms with E-state index in [1.165, 1.54) is 6.07 Å². The summed E-state index contributed by atoms with van der Waals surface area (Å²) in [5.41, 5.74) is 6.47. The molecule has 10 heteroatoms. The van der Waals surface area contributed by atoms with Crippen molar-refractivity contribution < 1.29 is 9.18 Å². The van der Waals surface area contributed by atoms with E-state index in [4.69, 9.17) is 9.97 Å². The number of hydrogen-bond acceptors (Lipinski definition) is 6. The zero-order valence-corrected chi connectivity index (χ0v) is 20.7. The minimum atomic E-state index is -0.310. The molecule has 0 atom stereocenters. The number of para-hydroxylation sites is 1. The average Bonchev–Trinajstić information content (AvgIpc) is 3.52. The smallest absolute Gasteiger partial charge is 0.238 e. The maximum Gasteiger partial charge on any atom is 0.238 e. The Bertz CT molecular complexity index is 1810. The molecule has 1 amide bonds. The Hall–Kier alpha value is -4.96. The number of aromatic nitrogens is 6. The van der Waals surface area contributed by atoms with Gasteiger partial charge in [0.25, 0.3) is 0 Å². The molecule has 0 fully saturated rings. The zero-order valence-electron chi connectivity index (χ0n) is 20.7. The number of H-pyrrole nitrogens is 2. The fraction of sp³-hybridized carbons (Fsp3) is 0.107. The van der Waals surface area contributed by atoms with Crippen molar-refractivity contribution in [3.63, 3.8) is 0 Å². The molecule has 0 spiro atoms. The molecular weight excluding hydrogens is 483 g/mol. The summed E-state index contributed by atoms with van der Waals surface area (Å²) >= 11 is 0. The number of halogens is 1. The maximum atomic E-state index is 14.6. The molecular formula is C28H23FN8O. The van der Waals surface area contributed by atoms with E-state index in [9.17, 15) is 9.18 Å². The quantitative estimate of drug-likeness (QED) is 0.297. The number of benzene rings is 2. The number of carbonyl (C=O) groups excluding carboxylic acids is 1. The van der Waals surface area contributed by atoms with Gasteiger partial charge in [0, 0.05) is 22.9 Å². The Labute approximate surface area is 216 Å². The summed E-state index contributed by atoms with van der Waals surface area (Å²) in [6.07, 6.45) is 3.29. The normalized spacial score (nSPS) is 11.5. The molecule has 4 aromatic heterocycles. The molecule has 38 heavy (non-hydrogen) atoms. The van der Waals surface area contributed by atoms with Gasteiger partial charge in [-0.1, -0.05) is 30.3 Å². The van der Waals surface area contributed by atoms with E-state index in [0.717, 1.165) is 16.6 Å². The highest BCUT2D eigenvalue weighted by atomic mass is 19.1. The molecule has 2 aromatic carbocycles. The third-order valence-corrected chi connectivity index (χ3v) is 6.09. The molecule has 0 bridgehead atoms. The summed E-state index contributed by atoms with van der Waals surface area (Å²) in [6, 6.07) is 17.8. The summed E-state index contributed by atoms with van der Waals surface area (Å²) in [5, 5.41) is 10.3. The molecule has 6 aromatic rings. The molecule has 3 N–H and O–H groups in total. The number of carbonyl (C=O) groups is 1. The predicted octanol–water partition coefficient (Wildman–Crippen LogP) is 4.87. The topological polar surface area (TPSA) is 115 Å². The van der Waals surface area contributed by atoms with Gasteiger partial charge in [-0.3, -0.25) is 14.9 Å². The average molecular weight is 507 g/mol. The van der Waals surface area contributed by atoms with Gasteiger partial charge < -0.3 is 15.2 Å². The Kier molecular flexibility index (Phi) is 5.85. The van der Waals surface area contributed by atoms with Crippen LogP contribution in [0.2, 0.25) is 0 Å². The first kappa shape index (κ1) is 23.4. The molecule has 0 radical (unpaired) electrons. The second kappa shape index (κ2) is 9.49. The van der Waals surface area contributed by atoms with Crippen molar-refractivity contribution in [2.24, 2.45) is 0 Å². The fourth-order valence-electron chi connectivity index (χ4n) is 4.40. The largest absolute Gasteiger partial charge is 0.336 e. The van der Waals surface area contributed by atoms with Crippen LogP contribution in [0.25, 0.3) is 56.0 Å². The second-order valence-corrected chi connectivity index (χ2v) is 9.18. The van der Waals surface area contributed by atoms with Crippen molar-refractivity contribution in [1.29, 1.82) is 0 Å². The van der Waals surface area contributed by atoms with Crippen molar-refractivity contribution in [2.75, 3.05) is 26.0 Å². The molecule has 0 unspecified atom stereocenters. The lowest BCUT2D eigenvalue weighted by Crippen LogP contribution is -2.27. The minimum Gasteiger partial charge on any atom is -0.336 e. The van der Waals surface area contributed by atoms with Gasteiger partial charge in [-0.25, -0.2) is 14.4 Å². The van der Waals surface area contributed by atoms with Crippen LogP contribution < -0.4 is 5.32 Å². The van der Waals surface area contributed by atoms with Crippen LogP contribution in [0, 0.1) is 5.82 Å². The number of nitrogens with zero attached hydrogens (tertiary/aromatic N) is 5. The van der Waals surface area contributed by atoms with Gasteiger partial charge in [0.05, 0.1) is 40.7 Å². The Morgan fingerprint density at radius 2 is 1.79 bits per heavy atom. The highest BCUT2D eigenvalue weighted by Crippen LogP contribution is 2.33. The van der Waals surface area contributed by atoms with Crippen molar-refractivity contribution in [1.82, 2.24) is 35.0 Å². The lowest BCUT2D eigenvalue weighted by molar-refractivity contribution is -0.116. The van der Waals surface area contributed by atoms with Gasteiger partial charge in [-0.15, -0.1) is 0 Å². The van der Waals surface area contributed by atoms with E-state index in [0.29, 0.717) is 45.1 Å². The Morgan fingerprint density at radius 1 is 0.947 bits per heavy atom. The lowest BCUT2D eigenvalue weighted by atomic mass is 10.0. The van der Waals surface area contributed by atoms with Gasteiger partial charge in [-0.05, 0) is 44.4 Å². The van der Waals surface area contributed by atoms with Crippen LogP contribution in [-0.4, -0.2) is 61.6 Å². The number of rotatable bonds is 6. The van der Waals surface area contributed by atoms with E-state index < -0.39 is 0 Å². The maximum absolute atomic E-state index is 14.6. The predicted molar refractivity (Wildman–Crippen MR) is 145 cm³/mol. The van der Waals surface area contributed by atoms with Crippen LogP contribution in [0.15, 0.2) is 73.1 Å². The highest BCUT2D eigenvalue weighted by Gasteiger charge is 2.18. The summed E-state index contributed by atoms with van der Waals surface area (Å²) in [5.74, 6) is 0.0754. The standard InChI is InChI=1S/C28H23FN8O/c1-37(2)15-24(38)31-17-12-16(13-30-14-17)21-10-11-23-26(32-21)27(36-35-23)28-33-22-9-5-7-19(25(22)34-28)18-6-3-4-8-20(18)29/h3-14H,15H2,1-2H3,(H,31,38)(H,33,34)(H,35,36). The summed E-state index contributed by atoms with van der Waals surface area (Å²) in [4.78, 5) is 31.2. The van der Waals surface area contributed by atoms with Crippen molar-refractivity contribution >= 4 is 33.7 Å². The van der Waals surface area contributed by atoms with Crippen molar-refractivity contribution in [2.45, 2.75) is 0 Å². The van der Waals surface area contributed by atoms with Crippen LogP contribution in [-0.2, 0) is 4.79 Å². The number of hydrogen-bond donors (Lipinski definition) is 3. The molecule has 4 heterocycles. The first-order chi connectivity index (χ1) is 18.5. The van der Waals surface area contributed by atoms with Crippen molar-refractivity contribution in [3.05, 3.63) is 78.9 Å². The SMILES string of the molecule is CN(C)CC(=O)Nc1cncc(-c2ccc3[nH]nc(-c4nc5c(-c6ccccc6F)cccc5[nH]4)c3n2)c1. The number of imidazole rings is 1. The molecule has 0 aliphatic carbocycles. The Morgan fingerprint density at radius 3 is 2.63 bits per heavy atom. The summed E-state index contributed by atoms with van der Waals surface area (Å²) in [7, 11) is 3.66. The van der Waals surface area contributed by atoms with Gasteiger partial charge in [0.1, 0.15) is 11.3 Å². The van der Waals surface area contributed by atoms with E-state index in [1.54, 1.807) is 35.5 Å². The van der Waals surface area contributed by atoms with Crippen molar-refractivity contribution in [3.8, 4) is 33.9 Å². The highest BCUT2D eigenvalue weighted by molar-refractivity contribution is 5.97. The number of amides is 1. The zero-order chi connectivity index (χ0) is 26.2. The van der Waals surface area contributed by atoms with Crippen LogP contribution in [0.3, 0.4) is 0 Å². The number of nitrogens with one attached hydrogen (secondary N) is 3. The third-order valence-electron chi connectivity index (χ3n) is 6.09. The second-order valence-electron chi connectivity index (χ2n) is 9.18. The van der Waals surface area contributed by atoms with Gasteiger partial charge in [-0.2, -0.15) is 5.10 Å². The van der Waals surface area contributed by atoms with Crippen LogP contribution >= 0.6 is 0 Å². The fourth-order valence-corrected chi connectivity index (χ4v) is 4.40. The molecule has 0 saturated carbocycles. The Balaban J connectivity index is 1.39. The number of fused-ring (bicyclic) bond motifs is 2.